The summed E-state index contributed by atoms with van der Waals surface area (Å²) in [4.78, 5) is 15.1. The maximum atomic E-state index is 12.6. The molecule has 94 valence electrons. The van der Waals surface area contributed by atoms with Crippen molar-refractivity contribution in [1.29, 1.82) is 0 Å². The summed E-state index contributed by atoms with van der Waals surface area (Å²) in [5, 5.41) is 0. The molecule has 0 spiro atoms. The fraction of sp³-hybridized carbons (Fsp3) is 0.500. The number of carbonyl (C=O) groups excluding carboxylic acids is 1. The Balaban J connectivity index is 2.57. The Kier molecular flexibility index (Phi) is 4.17. The minimum absolute atomic E-state index is 0.280. The molecule has 0 saturated heterocycles. The van der Waals surface area contributed by atoms with Crippen LogP contribution in [0.25, 0.3) is 0 Å². The van der Waals surface area contributed by atoms with Crippen molar-refractivity contribution in [3.8, 4) is 0 Å². The van der Waals surface area contributed by atoms with Crippen LogP contribution in [0.15, 0.2) is 18.3 Å². The van der Waals surface area contributed by atoms with E-state index in [1.165, 1.54) is 12.3 Å². The number of nitrogens with zero attached hydrogens (tertiary/aromatic N) is 1. The number of hydrogen-bond acceptors (Lipinski definition) is 4. The van der Waals surface area contributed by atoms with Crippen LogP contribution in [-0.2, 0) is 16.0 Å². The molecule has 1 heterocycles. The molecule has 0 aliphatic carbocycles. The molecule has 1 atom stereocenters. The Morgan fingerprint density at radius 1 is 1.53 bits per heavy atom. The van der Waals surface area contributed by atoms with E-state index in [0.29, 0.717) is 5.56 Å². The van der Waals surface area contributed by atoms with Crippen LogP contribution < -0.4 is 5.73 Å². The maximum absolute atomic E-state index is 12.6. The van der Waals surface area contributed by atoms with Gasteiger partial charge in [-0.2, -0.15) is 4.39 Å². The highest BCUT2D eigenvalue weighted by Gasteiger charge is 2.22. The van der Waals surface area contributed by atoms with Crippen LogP contribution in [0.1, 0.15) is 26.3 Å². The van der Waals surface area contributed by atoms with Crippen molar-refractivity contribution in [3.05, 3.63) is 29.8 Å². The molecule has 1 aromatic rings. The van der Waals surface area contributed by atoms with Crippen LogP contribution in [0, 0.1) is 5.95 Å². The number of nitrogens with two attached hydrogens (primary N) is 1. The number of hydrogen-bond donors (Lipinski definition) is 1. The second-order valence-electron chi connectivity index (χ2n) is 4.83. The van der Waals surface area contributed by atoms with Gasteiger partial charge in [0, 0.05) is 6.20 Å². The van der Waals surface area contributed by atoms with Crippen molar-refractivity contribution in [2.45, 2.75) is 38.8 Å². The second kappa shape index (κ2) is 5.23. The summed E-state index contributed by atoms with van der Waals surface area (Å²) in [7, 11) is 0. The van der Waals surface area contributed by atoms with E-state index in [1.807, 2.05) is 0 Å². The molecule has 2 N–H and O–H groups in total. The zero-order valence-electron chi connectivity index (χ0n) is 10.2. The van der Waals surface area contributed by atoms with Crippen molar-refractivity contribution in [2.75, 3.05) is 0 Å². The van der Waals surface area contributed by atoms with Crippen LogP contribution >= 0.6 is 0 Å². The van der Waals surface area contributed by atoms with Crippen LogP contribution in [0.3, 0.4) is 0 Å². The Bertz CT molecular complexity index is 384. The smallest absolute Gasteiger partial charge is 0.323 e. The van der Waals surface area contributed by atoms with Gasteiger partial charge in [-0.1, -0.05) is 6.07 Å². The SMILES string of the molecule is CC(C)(C)OC(=O)C(N)Cc1ccc(F)nc1. The topological polar surface area (TPSA) is 65.2 Å². The van der Waals surface area contributed by atoms with E-state index in [0.717, 1.165) is 0 Å². The summed E-state index contributed by atoms with van der Waals surface area (Å²) in [5.74, 6) is -1.03. The number of halogens is 1. The van der Waals surface area contributed by atoms with Crippen LogP contribution in [0.2, 0.25) is 0 Å². The van der Waals surface area contributed by atoms with Gasteiger partial charge in [0.2, 0.25) is 5.95 Å². The number of rotatable bonds is 3. The molecular weight excluding hydrogens is 223 g/mol. The fourth-order valence-corrected chi connectivity index (χ4v) is 1.24. The molecule has 1 aromatic heterocycles. The van der Waals surface area contributed by atoms with Gasteiger partial charge in [0.25, 0.3) is 0 Å². The lowest BCUT2D eigenvalue weighted by Gasteiger charge is -2.22. The molecule has 0 saturated carbocycles. The van der Waals surface area contributed by atoms with E-state index in [4.69, 9.17) is 10.5 Å². The molecule has 0 amide bonds. The Labute approximate surface area is 100.0 Å². The quantitative estimate of drug-likeness (QED) is 0.641. The lowest BCUT2D eigenvalue weighted by Crippen LogP contribution is -2.38. The predicted octanol–water partition coefficient (Wildman–Crippen LogP) is 1.43. The predicted molar refractivity (Wildman–Crippen MR) is 61.7 cm³/mol. The zero-order chi connectivity index (χ0) is 13.1. The molecule has 4 nitrogen and oxygen atoms in total. The van der Waals surface area contributed by atoms with Crippen molar-refractivity contribution in [1.82, 2.24) is 4.98 Å². The Morgan fingerprint density at radius 2 is 2.18 bits per heavy atom. The first kappa shape index (κ1) is 13.6. The lowest BCUT2D eigenvalue weighted by atomic mass is 10.1. The van der Waals surface area contributed by atoms with Gasteiger partial charge in [-0.3, -0.25) is 4.79 Å². The third-order valence-corrected chi connectivity index (χ3v) is 1.95. The molecule has 0 aliphatic rings. The molecule has 0 aliphatic heterocycles. The average molecular weight is 240 g/mol. The van der Waals surface area contributed by atoms with E-state index in [2.05, 4.69) is 4.98 Å². The monoisotopic (exact) mass is 240 g/mol. The van der Waals surface area contributed by atoms with Crippen molar-refractivity contribution >= 4 is 5.97 Å². The van der Waals surface area contributed by atoms with Gasteiger partial charge in [-0.15, -0.1) is 0 Å². The first-order valence-electron chi connectivity index (χ1n) is 5.37. The number of ether oxygens (including phenoxy) is 1. The largest absolute Gasteiger partial charge is 0.459 e. The number of aromatic nitrogens is 1. The van der Waals surface area contributed by atoms with Gasteiger partial charge >= 0.3 is 5.97 Å². The molecule has 17 heavy (non-hydrogen) atoms. The van der Waals surface area contributed by atoms with Gasteiger partial charge in [-0.05, 0) is 38.8 Å². The molecule has 5 heteroatoms. The summed E-state index contributed by atoms with van der Waals surface area (Å²) < 4.78 is 17.7. The molecule has 0 aromatic carbocycles. The lowest BCUT2D eigenvalue weighted by molar-refractivity contribution is -0.156. The molecule has 0 radical (unpaired) electrons. The normalized spacial score (nSPS) is 13.2. The van der Waals surface area contributed by atoms with Crippen LogP contribution in [0.4, 0.5) is 4.39 Å². The summed E-state index contributed by atoms with van der Waals surface area (Å²) >= 11 is 0. The number of pyridine rings is 1. The van der Waals surface area contributed by atoms with Crippen molar-refractivity contribution < 1.29 is 13.9 Å². The highest BCUT2D eigenvalue weighted by Crippen LogP contribution is 2.10. The minimum atomic E-state index is -0.763. The molecule has 0 fully saturated rings. The molecule has 0 bridgehead atoms. The third-order valence-electron chi connectivity index (χ3n) is 1.95. The van der Waals surface area contributed by atoms with E-state index >= 15 is 0 Å². The average Bonchev–Trinajstić information content (AvgIpc) is 2.19. The van der Waals surface area contributed by atoms with Crippen LogP contribution in [0.5, 0.6) is 0 Å². The molecule has 1 unspecified atom stereocenters. The van der Waals surface area contributed by atoms with Crippen LogP contribution in [-0.4, -0.2) is 22.6 Å². The molecule has 1 rings (SSSR count). The van der Waals surface area contributed by atoms with Crippen molar-refractivity contribution in [3.63, 3.8) is 0 Å². The molecular formula is C12H17FN2O2. The van der Waals surface area contributed by atoms with Gasteiger partial charge in [0.15, 0.2) is 0 Å². The fourth-order valence-electron chi connectivity index (χ4n) is 1.24. The first-order chi connectivity index (χ1) is 7.78. The van der Waals surface area contributed by atoms with Gasteiger partial charge in [-0.25, -0.2) is 4.98 Å². The summed E-state index contributed by atoms with van der Waals surface area (Å²) in [5.41, 5.74) is 5.84. The Hall–Kier alpha value is -1.49. The highest BCUT2D eigenvalue weighted by atomic mass is 19.1. The van der Waals surface area contributed by atoms with Crippen molar-refractivity contribution in [2.24, 2.45) is 5.73 Å². The number of esters is 1. The summed E-state index contributed by atoms with van der Waals surface area (Å²) in [6.07, 6.45) is 1.64. The first-order valence-corrected chi connectivity index (χ1v) is 5.37. The zero-order valence-corrected chi connectivity index (χ0v) is 10.2. The number of carbonyl (C=O) groups is 1. The third kappa shape index (κ3) is 4.91. The summed E-state index contributed by atoms with van der Waals surface area (Å²) in [6.45, 7) is 5.32. The summed E-state index contributed by atoms with van der Waals surface area (Å²) in [6, 6.07) is 2.02. The van der Waals surface area contributed by atoms with E-state index in [1.54, 1.807) is 26.8 Å². The second-order valence-corrected chi connectivity index (χ2v) is 4.83. The van der Waals surface area contributed by atoms with E-state index in [-0.39, 0.29) is 6.42 Å². The highest BCUT2D eigenvalue weighted by molar-refractivity contribution is 5.76. The van der Waals surface area contributed by atoms with E-state index < -0.39 is 23.6 Å². The Morgan fingerprint density at radius 3 is 2.65 bits per heavy atom. The van der Waals surface area contributed by atoms with Gasteiger partial charge in [0.05, 0.1) is 0 Å². The maximum Gasteiger partial charge on any atom is 0.323 e. The standard InChI is InChI=1S/C12H17FN2O2/c1-12(2,3)17-11(16)9(14)6-8-4-5-10(13)15-7-8/h4-5,7,9H,6,14H2,1-3H3. The van der Waals surface area contributed by atoms with Gasteiger partial charge < -0.3 is 10.5 Å². The van der Waals surface area contributed by atoms with E-state index in [9.17, 15) is 9.18 Å². The van der Waals surface area contributed by atoms with Gasteiger partial charge in [0.1, 0.15) is 11.6 Å². The minimum Gasteiger partial charge on any atom is -0.459 e.